The zero-order valence-corrected chi connectivity index (χ0v) is 67.6. The predicted molar refractivity (Wildman–Crippen MR) is 409 cm³/mol. The van der Waals surface area contributed by atoms with Gasteiger partial charge in [0.1, 0.15) is 19.3 Å². The highest BCUT2D eigenvalue weighted by molar-refractivity contribution is 7.47. The van der Waals surface area contributed by atoms with Gasteiger partial charge in [0.15, 0.2) is 12.2 Å². The maximum Gasteiger partial charge on any atom is 0.472 e. The van der Waals surface area contributed by atoms with Crippen molar-refractivity contribution < 1.29 is 80.2 Å². The van der Waals surface area contributed by atoms with Gasteiger partial charge < -0.3 is 33.8 Å². The van der Waals surface area contributed by atoms with Crippen LogP contribution in [0.2, 0.25) is 0 Å². The van der Waals surface area contributed by atoms with E-state index >= 15 is 0 Å². The summed E-state index contributed by atoms with van der Waals surface area (Å²) in [5.41, 5.74) is 0. The Balaban J connectivity index is 5.10. The number of carbonyl (C=O) groups is 4. The smallest absolute Gasteiger partial charge is 0.462 e. The topological polar surface area (TPSA) is 237 Å². The Kier molecular flexibility index (Phi) is 68.7. The number of aliphatic hydroxyl groups excluding tert-OH is 1. The van der Waals surface area contributed by atoms with Gasteiger partial charge in [-0.1, -0.05) is 364 Å². The number of esters is 4. The van der Waals surface area contributed by atoms with Crippen molar-refractivity contribution in [2.24, 2.45) is 23.7 Å². The van der Waals surface area contributed by atoms with Crippen LogP contribution in [-0.2, 0) is 65.4 Å². The number of aliphatic hydroxyl groups is 1. The van der Waals surface area contributed by atoms with E-state index in [9.17, 15) is 43.2 Å². The number of phosphoric acid groups is 2. The van der Waals surface area contributed by atoms with Crippen LogP contribution < -0.4 is 0 Å². The summed E-state index contributed by atoms with van der Waals surface area (Å²) in [4.78, 5) is 72.9. The first kappa shape index (κ1) is 98.1. The van der Waals surface area contributed by atoms with Gasteiger partial charge in [0.25, 0.3) is 0 Å². The van der Waals surface area contributed by atoms with Gasteiger partial charge in [0.2, 0.25) is 0 Å². The third kappa shape index (κ3) is 73.0. The van der Waals surface area contributed by atoms with E-state index in [1.807, 2.05) is 0 Å². The third-order valence-corrected chi connectivity index (χ3v) is 21.1. The molecule has 17 nitrogen and oxygen atoms in total. The van der Waals surface area contributed by atoms with Crippen LogP contribution in [0.1, 0.15) is 415 Å². The molecule has 0 aromatic carbocycles. The average Bonchev–Trinajstić information content (AvgIpc) is 1.07. The number of phosphoric ester groups is 2. The summed E-state index contributed by atoms with van der Waals surface area (Å²) in [5, 5.41) is 10.6. The van der Waals surface area contributed by atoms with Crippen LogP contribution >= 0.6 is 15.6 Å². The van der Waals surface area contributed by atoms with Gasteiger partial charge in [-0.2, -0.15) is 0 Å². The highest BCUT2D eigenvalue weighted by Crippen LogP contribution is 2.45. The van der Waals surface area contributed by atoms with Gasteiger partial charge in [-0.3, -0.25) is 37.3 Å². The molecule has 0 fully saturated rings. The van der Waals surface area contributed by atoms with E-state index in [1.165, 1.54) is 212 Å². The van der Waals surface area contributed by atoms with Crippen molar-refractivity contribution in [2.75, 3.05) is 39.6 Å². The summed E-state index contributed by atoms with van der Waals surface area (Å²) in [6, 6.07) is 0. The summed E-state index contributed by atoms with van der Waals surface area (Å²) < 4.78 is 68.6. The highest BCUT2D eigenvalue weighted by Gasteiger charge is 2.30. The van der Waals surface area contributed by atoms with E-state index in [1.54, 1.807) is 0 Å². The van der Waals surface area contributed by atoms with Crippen molar-refractivity contribution in [1.82, 2.24) is 0 Å². The number of rotatable bonds is 78. The van der Waals surface area contributed by atoms with Crippen molar-refractivity contribution in [3.8, 4) is 0 Å². The average molecular weight is 1470 g/mol. The van der Waals surface area contributed by atoms with Gasteiger partial charge in [0.05, 0.1) is 26.4 Å². The minimum absolute atomic E-state index is 0.102. The molecule has 0 aliphatic heterocycles. The lowest BCUT2D eigenvalue weighted by molar-refractivity contribution is -0.161. The molecule has 0 amide bonds. The number of hydrogen-bond donors (Lipinski definition) is 3. The molecule has 0 rings (SSSR count). The molecule has 0 aromatic rings. The summed E-state index contributed by atoms with van der Waals surface area (Å²) in [6.45, 7) is 14.2. The number of carbonyl (C=O) groups excluding carboxylic acids is 4. The molecule has 4 unspecified atom stereocenters. The van der Waals surface area contributed by atoms with Crippen LogP contribution in [0.5, 0.6) is 0 Å². The lowest BCUT2D eigenvalue weighted by Gasteiger charge is -2.21. The van der Waals surface area contributed by atoms with Crippen LogP contribution in [0.15, 0.2) is 0 Å². The van der Waals surface area contributed by atoms with Crippen LogP contribution in [-0.4, -0.2) is 96.7 Å². The molecule has 0 aromatic heterocycles. The molecule has 0 saturated heterocycles. The van der Waals surface area contributed by atoms with Crippen LogP contribution in [0.4, 0.5) is 0 Å². The normalized spacial score (nSPS) is 14.3. The zero-order chi connectivity index (χ0) is 73.8. The van der Waals surface area contributed by atoms with Crippen molar-refractivity contribution in [2.45, 2.75) is 433 Å². The molecule has 19 heteroatoms. The standard InChI is InChI=1S/C81H158O17P2/c1-9-74(8)60-52-44-35-29-25-21-17-12-10-11-13-19-23-27-31-37-47-55-63-80(85)97-76(67-92-79(84)62-54-46-38-32-34-42-50-58-72(4)5)69-95-99(87,88)93-65-75(82)66-94-100(89,90)96-70-77(98-81(86)64-56-48-40-39-43-51-59-73(6)7)68-91-78(83)61-53-45-36-30-26-22-18-15-14-16-20-24-28-33-41-49-57-71(2)3/h71-77,82H,9-70H2,1-8H3,(H,87,88)(H,89,90)/t74?,75?,76-,77-/m1/s1. The Morgan fingerprint density at radius 3 is 0.710 bits per heavy atom. The number of unbranched alkanes of at least 4 members (excludes halogenated alkanes) is 43. The SMILES string of the molecule is CCC(C)CCCCCCCCCCCCCCCCCCCCC(=O)O[C@H](COC(=O)CCCCCCCCCC(C)C)COP(=O)(O)OCC(O)COP(=O)(O)OC[C@@H](COC(=O)CCCCCCCCCCCCCCCCCCC(C)C)OC(=O)CCCCCCCCC(C)C. The first-order valence-electron chi connectivity index (χ1n) is 41.7. The molecule has 6 atom stereocenters. The Morgan fingerprint density at radius 1 is 0.280 bits per heavy atom. The molecule has 0 aliphatic carbocycles. The second-order valence-electron chi connectivity index (χ2n) is 30.8. The Morgan fingerprint density at radius 2 is 0.480 bits per heavy atom. The predicted octanol–water partition coefficient (Wildman–Crippen LogP) is 24.0. The Bertz CT molecular complexity index is 1960. The Hall–Kier alpha value is -1.94. The highest BCUT2D eigenvalue weighted by atomic mass is 31.2. The quantitative estimate of drug-likeness (QED) is 0.0222. The molecular weight excluding hydrogens is 1310 g/mol. The number of ether oxygens (including phenoxy) is 4. The first-order chi connectivity index (χ1) is 48.1. The van der Waals surface area contributed by atoms with Crippen molar-refractivity contribution in [3.63, 3.8) is 0 Å². The van der Waals surface area contributed by atoms with E-state index in [0.717, 1.165) is 108 Å². The fraction of sp³-hybridized carbons (Fsp3) is 0.951. The summed E-state index contributed by atoms with van der Waals surface area (Å²) in [5.74, 6) is 0.936. The molecule has 0 bridgehead atoms. The van der Waals surface area contributed by atoms with Crippen LogP contribution in [0, 0.1) is 23.7 Å². The third-order valence-electron chi connectivity index (χ3n) is 19.2. The molecule has 0 spiro atoms. The molecule has 3 N–H and O–H groups in total. The zero-order valence-electron chi connectivity index (χ0n) is 65.8. The molecule has 100 heavy (non-hydrogen) atoms. The molecule has 594 valence electrons. The van der Waals surface area contributed by atoms with Crippen molar-refractivity contribution in [3.05, 3.63) is 0 Å². The molecule has 0 heterocycles. The van der Waals surface area contributed by atoms with Crippen molar-refractivity contribution >= 4 is 39.5 Å². The lowest BCUT2D eigenvalue weighted by Crippen LogP contribution is -2.30. The molecular formula is C81H158O17P2. The van der Waals surface area contributed by atoms with Crippen LogP contribution in [0.25, 0.3) is 0 Å². The van der Waals surface area contributed by atoms with Gasteiger partial charge in [-0.15, -0.1) is 0 Å². The van der Waals surface area contributed by atoms with Gasteiger partial charge in [0, 0.05) is 25.7 Å². The fourth-order valence-corrected chi connectivity index (χ4v) is 14.0. The first-order valence-corrected chi connectivity index (χ1v) is 44.7. The lowest BCUT2D eigenvalue weighted by atomic mass is 9.99. The molecule has 0 saturated carbocycles. The fourth-order valence-electron chi connectivity index (χ4n) is 12.4. The monoisotopic (exact) mass is 1470 g/mol. The van der Waals surface area contributed by atoms with Crippen molar-refractivity contribution in [1.29, 1.82) is 0 Å². The van der Waals surface area contributed by atoms with Gasteiger partial charge in [-0.05, 0) is 49.4 Å². The maximum absolute atomic E-state index is 13.1. The molecule has 0 radical (unpaired) electrons. The second kappa shape index (κ2) is 70.1. The van der Waals surface area contributed by atoms with Crippen LogP contribution in [0.3, 0.4) is 0 Å². The summed E-state index contributed by atoms with van der Waals surface area (Å²) in [7, 11) is -9.92. The molecule has 0 aliphatic rings. The van der Waals surface area contributed by atoms with E-state index in [0.29, 0.717) is 37.5 Å². The summed E-state index contributed by atoms with van der Waals surface area (Å²) in [6.07, 6.45) is 57.3. The number of hydrogen-bond acceptors (Lipinski definition) is 15. The van der Waals surface area contributed by atoms with E-state index < -0.39 is 97.5 Å². The minimum atomic E-state index is -4.96. The van der Waals surface area contributed by atoms with E-state index in [4.69, 9.17) is 37.0 Å². The van der Waals surface area contributed by atoms with Gasteiger partial charge >= 0.3 is 39.5 Å². The summed E-state index contributed by atoms with van der Waals surface area (Å²) >= 11 is 0. The maximum atomic E-state index is 13.1. The Labute approximate surface area is 613 Å². The minimum Gasteiger partial charge on any atom is -0.462 e. The van der Waals surface area contributed by atoms with Gasteiger partial charge in [-0.25, -0.2) is 9.13 Å². The van der Waals surface area contributed by atoms with E-state index in [2.05, 4.69) is 55.4 Å². The largest absolute Gasteiger partial charge is 0.472 e. The second-order valence-corrected chi connectivity index (χ2v) is 33.7. The van der Waals surface area contributed by atoms with E-state index in [-0.39, 0.29) is 25.7 Å².